The first-order valence-corrected chi connectivity index (χ1v) is 8.14. The van der Waals surface area contributed by atoms with E-state index in [0.717, 1.165) is 22.2 Å². The molecule has 0 aliphatic carbocycles. The minimum Gasteiger partial charge on any atom is -0.481 e. The summed E-state index contributed by atoms with van der Waals surface area (Å²) < 4.78 is 31.7. The number of aromatic nitrogens is 1. The van der Waals surface area contributed by atoms with E-state index < -0.39 is 18.1 Å². The zero-order valence-corrected chi connectivity index (χ0v) is 14.9. The summed E-state index contributed by atoms with van der Waals surface area (Å²) in [6.45, 7) is 5.04. The second-order valence-corrected chi connectivity index (χ2v) is 5.86. The van der Waals surface area contributed by atoms with Gasteiger partial charge < -0.3 is 15.5 Å². The Labute approximate surface area is 154 Å². The zero-order chi connectivity index (χ0) is 20.6. The van der Waals surface area contributed by atoms with Crippen molar-refractivity contribution in [3.8, 4) is 0 Å². The lowest BCUT2D eigenvalue weighted by molar-refractivity contribution is -0.192. The van der Waals surface area contributed by atoms with Gasteiger partial charge in [-0.2, -0.15) is 13.2 Å². The molecular formula is C18H21F3N2O4. The summed E-state index contributed by atoms with van der Waals surface area (Å²) in [5.74, 6) is -3.81. The predicted octanol–water partition coefficient (Wildman–Crippen LogP) is 3.38. The minimum absolute atomic E-state index is 0.320. The first-order valence-electron chi connectivity index (χ1n) is 8.14. The number of nitrogens with one attached hydrogen (secondary N) is 1. The predicted molar refractivity (Wildman–Crippen MR) is 93.3 cm³/mol. The highest BCUT2D eigenvalue weighted by atomic mass is 19.4. The molecule has 1 aromatic carbocycles. The number of carbonyl (C=O) groups is 2. The van der Waals surface area contributed by atoms with Gasteiger partial charge >= 0.3 is 18.1 Å². The molecule has 27 heavy (non-hydrogen) atoms. The van der Waals surface area contributed by atoms with Gasteiger partial charge in [-0.1, -0.05) is 19.1 Å². The highest BCUT2D eigenvalue weighted by molar-refractivity contribution is 5.79. The normalized spacial score (nSPS) is 12.2. The Bertz CT molecular complexity index is 794. The highest BCUT2D eigenvalue weighted by Gasteiger charge is 2.38. The maximum absolute atomic E-state index is 10.9. The molecule has 1 unspecified atom stereocenters. The Hall–Kier alpha value is -2.68. The lowest BCUT2D eigenvalue weighted by atomic mass is 10.1. The molecule has 2 rings (SSSR count). The van der Waals surface area contributed by atoms with Gasteiger partial charge in [0.05, 0.1) is 11.4 Å². The number of halogens is 3. The molecule has 0 amide bonds. The molecule has 0 spiro atoms. The van der Waals surface area contributed by atoms with E-state index in [4.69, 9.17) is 15.0 Å². The van der Waals surface area contributed by atoms with Crippen LogP contribution in [0.5, 0.6) is 0 Å². The summed E-state index contributed by atoms with van der Waals surface area (Å²) in [7, 11) is 0. The van der Waals surface area contributed by atoms with Crippen LogP contribution in [0.25, 0.3) is 10.9 Å². The summed E-state index contributed by atoms with van der Waals surface area (Å²) in [6.07, 6.45) is -4.44. The number of hydrogen-bond donors (Lipinski definition) is 3. The second kappa shape index (κ2) is 9.86. The van der Waals surface area contributed by atoms with Gasteiger partial charge in [0.2, 0.25) is 0 Å². The maximum Gasteiger partial charge on any atom is 0.490 e. The second-order valence-electron chi connectivity index (χ2n) is 5.86. The van der Waals surface area contributed by atoms with E-state index in [2.05, 4.69) is 22.4 Å². The number of alkyl halides is 3. The largest absolute Gasteiger partial charge is 0.490 e. The third kappa shape index (κ3) is 7.61. The monoisotopic (exact) mass is 386 g/mol. The molecule has 9 heteroatoms. The van der Waals surface area contributed by atoms with Crippen LogP contribution in [0.1, 0.15) is 24.6 Å². The molecule has 1 aromatic heterocycles. The summed E-state index contributed by atoms with van der Waals surface area (Å²) in [5, 5.41) is 20.4. The summed E-state index contributed by atoms with van der Waals surface area (Å²) in [6, 6.07) is 10.2. The number of fused-ring (bicyclic) bond motifs is 1. The van der Waals surface area contributed by atoms with Crippen molar-refractivity contribution >= 4 is 22.8 Å². The average molecular weight is 386 g/mol. The van der Waals surface area contributed by atoms with Crippen LogP contribution in [-0.4, -0.2) is 39.9 Å². The molecule has 1 atom stereocenters. The van der Waals surface area contributed by atoms with Crippen molar-refractivity contribution < 1.29 is 33.0 Å². The Balaban J connectivity index is 0.000000445. The van der Waals surface area contributed by atoms with E-state index in [1.807, 2.05) is 32.0 Å². The fourth-order valence-corrected chi connectivity index (χ4v) is 2.18. The van der Waals surface area contributed by atoms with E-state index in [1.165, 1.54) is 0 Å². The molecule has 2 aromatic rings. The van der Waals surface area contributed by atoms with Gasteiger partial charge in [0, 0.05) is 24.2 Å². The summed E-state index contributed by atoms with van der Waals surface area (Å²) in [4.78, 5) is 24.3. The van der Waals surface area contributed by atoms with Crippen molar-refractivity contribution in [2.45, 2.75) is 33.0 Å². The first-order chi connectivity index (χ1) is 12.5. The van der Waals surface area contributed by atoms with Gasteiger partial charge in [-0.05, 0) is 37.1 Å². The Morgan fingerprint density at radius 2 is 1.81 bits per heavy atom. The van der Waals surface area contributed by atoms with Gasteiger partial charge in [-0.25, -0.2) is 4.79 Å². The molecule has 148 valence electrons. The lowest BCUT2D eigenvalue weighted by Crippen LogP contribution is -2.27. The molecule has 0 radical (unpaired) electrons. The first kappa shape index (κ1) is 22.4. The van der Waals surface area contributed by atoms with Crippen LogP contribution in [0.15, 0.2) is 30.3 Å². The van der Waals surface area contributed by atoms with Crippen LogP contribution < -0.4 is 5.32 Å². The van der Waals surface area contributed by atoms with E-state index >= 15 is 0 Å². The number of nitrogens with zero attached hydrogens (tertiary/aromatic N) is 1. The standard InChI is InChI=1S/C16H20N2O2.C2HF3O2/c1-3-13(16(19)20)10-17-9-12-5-7-15-14(8-12)6-4-11(2)18-15;3-2(4,5)1(6)7/h4-8,13,17H,3,9-10H2,1-2H3,(H,19,20);(H,6,7). The van der Waals surface area contributed by atoms with E-state index in [1.54, 1.807) is 0 Å². The minimum atomic E-state index is -5.08. The molecule has 0 bridgehead atoms. The molecular weight excluding hydrogens is 365 g/mol. The van der Waals surface area contributed by atoms with Gasteiger partial charge in [0.1, 0.15) is 0 Å². The van der Waals surface area contributed by atoms with Crippen LogP contribution >= 0.6 is 0 Å². The quantitative estimate of drug-likeness (QED) is 0.704. The number of carboxylic acids is 2. The Morgan fingerprint density at radius 1 is 1.19 bits per heavy atom. The third-order valence-electron chi connectivity index (χ3n) is 3.70. The Morgan fingerprint density at radius 3 is 2.33 bits per heavy atom. The van der Waals surface area contributed by atoms with Crippen molar-refractivity contribution in [2.24, 2.45) is 5.92 Å². The van der Waals surface area contributed by atoms with Crippen LogP contribution in [0.3, 0.4) is 0 Å². The molecule has 1 heterocycles. The molecule has 0 saturated heterocycles. The van der Waals surface area contributed by atoms with Gasteiger partial charge in [0.25, 0.3) is 0 Å². The lowest BCUT2D eigenvalue weighted by Gasteiger charge is -2.11. The van der Waals surface area contributed by atoms with Crippen molar-refractivity contribution in [3.63, 3.8) is 0 Å². The number of carboxylic acid groups (broad SMARTS) is 2. The number of aryl methyl sites for hydroxylation is 1. The number of rotatable bonds is 6. The van der Waals surface area contributed by atoms with E-state index in [-0.39, 0.29) is 5.92 Å². The van der Waals surface area contributed by atoms with Gasteiger partial charge in [0.15, 0.2) is 0 Å². The summed E-state index contributed by atoms with van der Waals surface area (Å²) in [5.41, 5.74) is 3.14. The van der Waals surface area contributed by atoms with Crippen LogP contribution in [0.4, 0.5) is 13.2 Å². The fraction of sp³-hybridized carbons (Fsp3) is 0.389. The number of hydrogen-bond acceptors (Lipinski definition) is 4. The highest BCUT2D eigenvalue weighted by Crippen LogP contribution is 2.15. The number of benzene rings is 1. The van der Waals surface area contributed by atoms with E-state index in [0.29, 0.717) is 19.5 Å². The molecule has 3 N–H and O–H groups in total. The molecule has 0 fully saturated rings. The Kier molecular flexibility index (Phi) is 8.17. The van der Waals surface area contributed by atoms with Crippen LogP contribution in [0.2, 0.25) is 0 Å². The number of aliphatic carboxylic acids is 2. The van der Waals surface area contributed by atoms with E-state index in [9.17, 15) is 18.0 Å². The number of pyridine rings is 1. The zero-order valence-electron chi connectivity index (χ0n) is 14.9. The maximum atomic E-state index is 10.9. The fourth-order valence-electron chi connectivity index (χ4n) is 2.18. The van der Waals surface area contributed by atoms with Crippen LogP contribution in [0, 0.1) is 12.8 Å². The van der Waals surface area contributed by atoms with Crippen LogP contribution in [-0.2, 0) is 16.1 Å². The van der Waals surface area contributed by atoms with Gasteiger partial charge in [-0.3, -0.25) is 9.78 Å². The topological polar surface area (TPSA) is 99.5 Å². The summed E-state index contributed by atoms with van der Waals surface area (Å²) >= 11 is 0. The van der Waals surface area contributed by atoms with Crippen molar-refractivity contribution in [2.75, 3.05) is 6.54 Å². The van der Waals surface area contributed by atoms with Gasteiger partial charge in [-0.15, -0.1) is 0 Å². The third-order valence-corrected chi connectivity index (χ3v) is 3.70. The molecule has 6 nitrogen and oxygen atoms in total. The van der Waals surface area contributed by atoms with Crippen molar-refractivity contribution in [1.82, 2.24) is 10.3 Å². The molecule has 0 aliphatic rings. The molecule has 0 aliphatic heterocycles. The van der Waals surface area contributed by atoms with Crippen molar-refractivity contribution in [3.05, 3.63) is 41.6 Å². The SMILES string of the molecule is CCC(CNCc1ccc2nc(C)ccc2c1)C(=O)O.O=C(O)C(F)(F)F. The smallest absolute Gasteiger partial charge is 0.481 e. The van der Waals surface area contributed by atoms with Crippen molar-refractivity contribution in [1.29, 1.82) is 0 Å². The molecule has 0 saturated carbocycles. The average Bonchev–Trinajstić information content (AvgIpc) is 2.58.